The Morgan fingerprint density at radius 3 is 2.31 bits per heavy atom. The van der Waals surface area contributed by atoms with Gasteiger partial charge in [-0.15, -0.1) is 0 Å². The van der Waals surface area contributed by atoms with E-state index in [2.05, 4.69) is 35.1 Å². The van der Waals surface area contributed by atoms with Gasteiger partial charge in [-0.1, -0.05) is 6.08 Å². The molecule has 0 aliphatic carbocycles. The standard InChI is InChI=1S/C11H20N2/c1-4-11(7-10-12(2)3)13-8-5-6-9-13/h4,7,10H,5-6,8-9H2,1-3H3/b10-7-,11-4+. The fourth-order valence-electron chi connectivity index (χ4n) is 1.58. The van der Waals surface area contributed by atoms with Gasteiger partial charge in [-0.3, -0.25) is 0 Å². The second kappa shape index (κ2) is 4.95. The summed E-state index contributed by atoms with van der Waals surface area (Å²) in [6.45, 7) is 4.54. The average molecular weight is 180 g/mol. The lowest BCUT2D eigenvalue weighted by Crippen LogP contribution is -2.17. The van der Waals surface area contributed by atoms with Gasteiger partial charge in [-0.25, -0.2) is 0 Å². The summed E-state index contributed by atoms with van der Waals surface area (Å²) in [5.41, 5.74) is 1.35. The van der Waals surface area contributed by atoms with Crippen LogP contribution in [0.4, 0.5) is 0 Å². The molecule has 0 aromatic carbocycles. The first-order valence-electron chi connectivity index (χ1n) is 5.00. The lowest BCUT2D eigenvalue weighted by Gasteiger charge is -2.18. The minimum Gasteiger partial charge on any atom is -0.383 e. The molecular formula is C11H20N2. The summed E-state index contributed by atoms with van der Waals surface area (Å²) < 4.78 is 0. The van der Waals surface area contributed by atoms with Crippen LogP contribution in [0.25, 0.3) is 0 Å². The molecular weight excluding hydrogens is 160 g/mol. The third-order valence-electron chi connectivity index (χ3n) is 2.31. The topological polar surface area (TPSA) is 6.48 Å². The van der Waals surface area contributed by atoms with E-state index in [-0.39, 0.29) is 0 Å². The molecule has 0 aromatic heterocycles. The molecule has 0 aromatic rings. The van der Waals surface area contributed by atoms with Crippen molar-refractivity contribution >= 4 is 0 Å². The summed E-state index contributed by atoms with van der Waals surface area (Å²) in [4.78, 5) is 4.51. The van der Waals surface area contributed by atoms with Crippen LogP contribution in [0.2, 0.25) is 0 Å². The Balaban J connectivity index is 2.52. The zero-order chi connectivity index (χ0) is 9.68. The Morgan fingerprint density at radius 1 is 1.23 bits per heavy atom. The van der Waals surface area contributed by atoms with Crippen LogP contribution in [-0.2, 0) is 0 Å². The van der Waals surface area contributed by atoms with Gasteiger partial charge in [-0.2, -0.15) is 0 Å². The normalized spacial score (nSPS) is 18.7. The summed E-state index contributed by atoms with van der Waals surface area (Å²) in [6.07, 6.45) is 9.16. The predicted molar refractivity (Wildman–Crippen MR) is 57.4 cm³/mol. The smallest absolute Gasteiger partial charge is 0.0337 e. The minimum atomic E-state index is 1.22. The van der Waals surface area contributed by atoms with E-state index in [1.54, 1.807) is 0 Å². The summed E-state index contributed by atoms with van der Waals surface area (Å²) in [6, 6.07) is 0. The molecule has 1 fully saturated rings. The van der Waals surface area contributed by atoms with Crippen molar-refractivity contribution in [3.63, 3.8) is 0 Å². The second-order valence-electron chi connectivity index (χ2n) is 3.69. The van der Waals surface area contributed by atoms with E-state index in [0.29, 0.717) is 0 Å². The molecule has 13 heavy (non-hydrogen) atoms. The van der Waals surface area contributed by atoms with E-state index < -0.39 is 0 Å². The van der Waals surface area contributed by atoms with E-state index >= 15 is 0 Å². The molecule has 1 saturated heterocycles. The fourth-order valence-corrected chi connectivity index (χ4v) is 1.58. The Bertz CT molecular complexity index is 198. The summed E-state index contributed by atoms with van der Waals surface area (Å²) in [5, 5.41) is 0. The molecule has 0 N–H and O–H groups in total. The van der Waals surface area contributed by atoms with Gasteiger partial charge in [0.05, 0.1) is 0 Å². The quantitative estimate of drug-likeness (QED) is 0.613. The lowest BCUT2D eigenvalue weighted by molar-refractivity contribution is 0.437. The molecule has 1 aliphatic rings. The van der Waals surface area contributed by atoms with E-state index in [4.69, 9.17) is 0 Å². The lowest BCUT2D eigenvalue weighted by atomic mass is 10.3. The predicted octanol–water partition coefficient (Wildman–Crippen LogP) is 2.06. The highest BCUT2D eigenvalue weighted by Gasteiger charge is 2.11. The SMILES string of the molecule is C/C=C(\C=C/N(C)C)N1CCCC1. The highest BCUT2D eigenvalue weighted by molar-refractivity contribution is 5.17. The summed E-state index contributed by atoms with van der Waals surface area (Å²) in [5.74, 6) is 0. The minimum absolute atomic E-state index is 1.22. The summed E-state index contributed by atoms with van der Waals surface area (Å²) >= 11 is 0. The van der Waals surface area contributed by atoms with E-state index in [9.17, 15) is 0 Å². The van der Waals surface area contributed by atoms with Gasteiger partial charge in [0.25, 0.3) is 0 Å². The van der Waals surface area contributed by atoms with Crippen LogP contribution < -0.4 is 0 Å². The first kappa shape index (κ1) is 10.2. The molecule has 0 bridgehead atoms. The van der Waals surface area contributed by atoms with E-state index in [0.717, 1.165) is 0 Å². The zero-order valence-electron chi connectivity index (χ0n) is 8.95. The van der Waals surface area contributed by atoms with Crippen molar-refractivity contribution in [2.45, 2.75) is 19.8 Å². The van der Waals surface area contributed by atoms with E-state index in [1.165, 1.54) is 31.6 Å². The summed E-state index contributed by atoms with van der Waals surface area (Å²) in [7, 11) is 4.10. The van der Waals surface area contributed by atoms with E-state index in [1.807, 2.05) is 14.1 Å². The van der Waals surface area contributed by atoms with Crippen LogP contribution in [0.3, 0.4) is 0 Å². The number of hydrogen-bond donors (Lipinski definition) is 0. The van der Waals surface area contributed by atoms with Crippen molar-refractivity contribution in [3.05, 3.63) is 24.0 Å². The number of hydrogen-bond acceptors (Lipinski definition) is 2. The van der Waals surface area contributed by atoms with Crippen LogP contribution in [0.1, 0.15) is 19.8 Å². The first-order chi connectivity index (χ1) is 6.24. The molecule has 0 radical (unpaired) electrons. The number of likely N-dealkylation sites (tertiary alicyclic amines) is 1. The van der Waals surface area contributed by atoms with Crippen LogP contribution in [0.5, 0.6) is 0 Å². The fraction of sp³-hybridized carbons (Fsp3) is 0.636. The molecule has 0 saturated carbocycles. The van der Waals surface area contributed by atoms with Crippen LogP contribution >= 0.6 is 0 Å². The number of rotatable bonds is 3. The van der Waals surface area contributed by atoms with Crippen LogP contribution in [-0.4, -0.2) is 37.0 Å². The second-order valence-corrected chi connectivity index (χ2v) is 3.69. The Hall–Kier alpha value is -0.920. The van der Waals surface area contributed by atoms with Gasteiger partial charge in [0.2, 0.25) is 0 Å². The largest absolute Gasteiger partial charge is 0.383 e. The molecule has 0 spiro atoms. The molecule has 2 heteroatoms. The Morgan fingerprint density at radius 2 is 1.85 bits per heavy atom. The van der Waals surface area contributed by atoms with Gasteiger partial charge in [0.15, 0.2) is 0 Å². The first-order valence-corrected chi connectivity index (χ1v) is 5.00. The molecule has 1 heterocycles. The molecule has 74 valence electrons. The molecule has 2 nitrogen and oxygen atoms in total. The van der Waals surface area contributed by atoms with Crippen LogP contribution in [0, 0.1) is 0 Å². The van der Waals surface area contributed by atoms with Crippen LogP contribution in [0.15, 0.2) is 24.0 Å². The monoisotopic (exact) mass is 180 g/mol. The van der Waals surface area contributed by atoms with Crippen molar-refractivity contribution < 1.29 is 0 Å². The Kier molecular flexibility index (Phi) is 3.87. The third-order valence-corrected chi connectivity index (χ3v) is 2.31. The number of allylic oxidation sites excluding steroid dienone is 2. The molecule has 1 rings (SSSR count). The maximum atomic E-state index is 2.44. The van der Waals surface area contributed by atoms with Crippen molar-refractivity contribution in [2.24, 2.45) is 0 Å². The average Bonchev–Trinajstić information content (AvgIpc) is 2.58. The maximum absolute atomic E-state index is 2.44. The molecule has 0 amide bonds. The maximum Gasteiger partial charge on any atom is 0.0337 e. The molecule has 0 atom stereocenters. The van der Waals surface area contributed by atoms with Crippen molar-refractivity contribution in [2.75, 3.05) is 27.2 Å². The zero-order valence-corrected chi connectivity index (χ0v) is 8.95. The third kappa shape index (κ3) is 3.13. The van der Waals surface area contributed by atoms with Gasteiger partial charge < -0.3 is 9.80 Å². The highest BCUT2D eigenvalue weighted by atomic mass is 15.1. The van der Waals surface area contributed by atoms with Gasteiger partial charge >= 0.3 is 0 Å². The van der Waals surface area contributed by atoms with Gasteiger partial charge in [0, 0.05) is 39.1 Å². The van der Waals surface area contributed by atoms with Gasteiger partial charge in [-0.05, 0) is 25.8 Å². The van der Waals surface area contributed by atoms with Crippen molar-refractivity contribution in [1.82, 2.24) is 9.80 Å². The van der Waals surface area contributed by atoms with Crippen molar-refractivity contribution in [1.29, 1.82) is 0 Å². The van der Waals surface area contributed by atoms with Gasteiger partial charge in [0.1, 0.15) is 0 Å². The number of nitrogens with zero attached hydrogens (tertiary/aromatic N) is 2. The highest BCUT2D eigenvalue weighted by Crippen LogP contribution is 2.15. The Labute approximate surface area is 81.5 Å². The van der Waals surface area contributed by atoms with Crippen molar-refractivity contribution in [3.8, 4) is 0 Å². The molecule has 0 unspecified atom stereocenters. The molecule has 1 aliphatic heterocycles.